The van der Waals surface area contributed by atoms with Gasteiger partial charge < -0.3 is 20.4 Å². The Kier molecular flexibility index (Phi) is 4.80. The van der Waals surface area contributed by atoms with Crippen molar-refractivity contribution in [2.75, 3.05) is 0 Å². The molecule has 0 saturated carbocycles. The molecule has 0 aliphatic rings. The molecule has 3 rings (SSSR count). The lowest BCUT2D eigenvalue weighted by Crippen LogP contribution is -1.84. The molecule has 0 atom stereocenters. The third-order valence-electron chi connectivity index (χ3n) is 3.56. The van der Waals surface area contributed by atoms with Gasteiger partial charge >= 0.3 is 0 Å². The smallest absolute Gasteiger partial charge is 0.166 e. The number of phenols is 4. The molecule has 0 bridgehead atoms. The molecular formula is C19H15N3O4. The van der Waals surface area contributed by atoms with Crippen molar-refractivity contribution < 1.29 is 20.4 Å². The van der Waals surface area contributed by atoms with Crippen molar-refractivity contribution in [3.63, 3.8) is 0 Å². The molecule has 0 unspecified atom stereocenters. The molecule has 2 aromatic carbocycles. The number of aromatic hydroxyl groups is 4. The van der Waals surface area contributed by atoms with Crippen molar-refractivity contribution in [3.8, 4) is 23.0 Å². The van der Waals surface area contributed by atoms with Gasteiger partial charge in [-0.25, -0.2) is 0 Å². The Bertz CT molecular complexity index is 919. The Morgan fingerprint density at radius 2 is 1.23 bits per heavy atom. The van der Waals surface area contributed by atoms with Gasteiger partial charge in [-0.15, -0.1) is 0 Å². The second kappa shape index (κ2) is 7.35. The summed E-state index contributed by atoms with van der Waals surface area (Å²) in [5.74, 6) is -1.01. The zero-order chi connectivity index (χ0) is 18.5. The van der Waals surface area contributed by atoms with Gasteiger partial charge in [0.2, 0.25) is 0 Å². The molecule has 7 nitrogen and oxygen atoms in total. The van der Waals surface area contributed by atoms with Gasteiger partial charge in [0.25, 0.3) is 0 Å². The van der Waals surface area contributed by atoms with Gasteiger partial charge in [0.1, 0.15) is 5.69 Å². The van der Waals surface area contributed by atoms with Crippen LogP contribution >= 0.6 is 0 Å². The van der Waals surface area contributed by atoms with E-state index in [1.165, 1.54) is 30.8 Å². The summed E-state index contributed by atoms with van der Waals surface area (Å²) in [5, 5.41) is 38.7. The first-order valence-electron chi connectivity index (χ1n) is 7.60. The van der Waals surface area contributed by atoms with E-state index in [-0.39, 0.29) is 23.0 Å². The summed E-state index contributed by atoms with van der Waals surface area (Å²) in [7, 11) is 0. The minimum Gasteiger partial charge on any atom is -0.504 e. The zero-order valence-electron chi connectivity index (χ0n) is 13.5. The van der Waals surface area contributed by atoms with Crippen LogP contribution in [0.1, 0.15) is 11.1 Å². The number of hydrogen-bond donors (Lipinski definition) is 4. The van der Waals surface area contributed by atoms with Crippen molar-refractivity contribution in [1.29, 1.82) is 0 Å². The van der Waals surface area contributed by atoms with Gasteiger partial charge in [-0.3, -0.25) is 15.0 Å². The summed E-state index contributed by atoms with van der Waals surface area (Å²) >= 11 is 0. The summed E-state index contributed by atoms with van der Waals surface area (Å²) in [6.45, 7) is 0. The number of aromatic nitrogens is 1. The Morgan fingerprint density at radius 3 is 1.81 bits per heavy atom. The molecule has 0 fully saturated rings. The van der Waals surface area contributed by atoms with Crippen LogP contribution in [0, 0.1) is 0 Å². The Balaban J connectivity index is 1.91. The van der Waals surface area contributed by atoms with Crippen molar-refractivity contribution >= 4 is 23.8 Å². The van der Waals surface area contributed by atoms with Crippen LogP contribution in [-0.4, -0.2) is 37.8 Å². The van der Waals surface area contributed by atoms with E-state index >= 15 is 0 Å². The van der Waals surface area contributed by atoms with E-state index in [9.17, 15) is 20.4 Å². The number of phenolic OH excluding ortho intramolecular Hbond substituents is 4. The van der Waals surface area contributed by atoms with Crippen LogP contribution in [0.4, 0.5) is 11.4 Å². The summed E-state index contributed by atoms with van der Waals surface area (Å²) in [4.78, 5) is 12.5. The van der Waals surface area contributed by atoms with Crippen molar-refractivity contribution in [1.82, 2.24) is 4.98 Å². The molecule has 26 heavy (non-hydrogen) atoms. The Hall–Kier alpha value is -3.87. The molecule has 7 heteroatoms. The maximum Gasteiger partial charge on any atom is 0.166 e. The predicted molar refractivity (Wildman–Crippen MR) is 98.3 cm³/mol. The molecule has 0 aliphatic heterocycles. The highest BCUT2D eigenvalue weighted by Crippen LogP contribution is 2.31. The van der Waals surface area contributed by atoms with Crippen LogP contribution in [0.5, 0.6) is 23.0 Å². The van der Waals surface area contributed by atoms with Crippen LogP contribution in [0.25, 0.3) is 0 Å². The number of pyridine rings is 1. The number of aliphatic imine (C=N–C) groups is 2. The average molecular weight is 349 g/mol. The molecule has 4 N–H and O–H groups in total. The van der Waals surface area contributed by atoms with Crippen LogP contribution in [0.3, 0.4) is 0 Å². The fraction of sp³-hybridized carbons (Fsp3) is 0. The molecule has 130 valence electrons. The standard InChI is InChI=1S/C19H15N3O4/c23-16-5-1-3-12(18(16)25)9-21-14-7-8-20-11-15(14)22-10-13-4-2-6-17(24)19(13)26/h1-11,23-26H. The first-order chi connectivity index (χ1) is 12.6. The number of benzene rings is 2. The molecule has 0 spiro atoms. The third-order valence-corrected chi connectivity index (χ3v) is 3.56. The summed E-state index contributed by atoms with van der Waals surface area (Å²) in [6, 6.07) is 10.8. The number of para-hydroxylation sites is 2. The van der Waals surface area contributed by atoms with E-state index < -0.39 is 0 Å². The average Bonchev–Trinajstić information content (AvgIpc) is 2.65. The fourth-order valence-electron chi connectivity index (χ4n) is 2.17. The van der Waals surface area contributed by atoms with Crippen molar-refractivity contribution in [2.24, 2.45) is 9.98 Å². The van der Waals surface area contributed by atoms with Gasteiger partial charge in [-0.2, -0.15) is 0 Å². The SMILES string of the molecule is Oc1cccc(C=Nc2ccncc2N=Cc2cccc(O)c2O)c1O. The van der Waals surface area contributed by atoms with Crippen molar-refractivity contribution in [2.45, 2.75) is 0 Å². The topological polar surface area (TPSA) is 119 Å². The normalized spacial score (nSPS) is 11.4. The van der Waals surface area contributed by atoms with Crippen LogP contribution < -0.4 is 0 Å². The van der Waals surface area contributed by atoms with Crippen molar-refractivity contribution in [3.05, 3.63) is 66.0 Å². The minimum absolute atomic E-state index is 0.235. The lowest BCUT2D eigenvalue weighted by atomic mass is 10.2. The Labute approximate surface area is 148 Å². The maximum absolute atomic E-state index is 9.82. The lowest BCUT2D eigenvalue weighted by Gasteiger charge is -2.03. The molecule has 0 aliphatic carbocycles. The molecule has 3 aromatic rings. The van der Waals surface area contributed by atoms with Crippen LogP contribution in [0.2, 0.25) is 0 Å². The summed E-state index contributed by atoms with van der Waals surface area (Å²) in [5.41, 5.74) is 1.58. The third kappa shape index (κ3) is 3.62. The van der Waals surface area contributed by atoms with E-state index in [0.29, 0.717) is 22.5 Å². The summed E-state index contributed by atoms with van der Waals surface area (Å²) in [6.07, 6.45) is 5.82. The molecule has 0 saturated heterocycles. The summed E-state index contributed by atoms with van der Waals surface area (Å²) < 4.78 is 0. The fourth-order valence-corrected chi connectivity index (χ4v) is 2.17. The molecule has 1 heterocycles. The van der Waals surface area contributed by atoms with E-state index in [0.717, 1.165) is 0 Å². The maximum atomic E-state index is 9.82. The largest absolute Gasteiger partial charge is 0.504 e. The van der Waals surface area contributed by atoms with Gasteiger partial charge in [0, 0.05) is 29.8 Å². The van der Waals surface area contributed by atoms with E-state index in [2.05, 4.69) is 15.0 Å². The van der Waals surface area contributed by atoms with Gasteiger partial charge in [-0.05, 0) is 30.3 Å². The van der Waals surface area contributed by atoms with Crippen LogP contribution in [-0.2, 0) is 0 Å². The predicted octanol–water partition coefficient (Wildman–Crippen LogP) is 3.41. The van der Waals surface area contributed by atoms with Crippen LogP contribution in [0.15, 0.2) is 64.8 Å². The van der Waals surface area contributed by atoms with E-state index in [1.807, 2.05) is 0 Å². The van der Waals surface area contributed by atoms with E-state index in [1.54, 1.807) is 36.5 Å². The second-order valence-electron chi connectivity index (χ2n) is 5.31. The highest BCUT2D eigenvalue weighted by molar-refractivity contribution is 5.90. The van der Waals surface area contributed by atoms with Gasteiger partial charge in [0.05, 0.1) is 11.9 Å². The quantitative estimate of drug-likeness (QED) is 0.425. The lowest BCUT2D eigenvalue weighted by molar-refractivity contribution is 0.403. The van der Waals surface area contributed by atoms with E-state index in [4.69, 9.17) is 0 Å². The molecule has 1 aromatic heterocycles. The zero-order valence-corrected chi connectivity index (χ0v) is 13.5. The number of nitrogens with zero attached hydrogens (tertiary/aromatic N) is 3. The van der Waals surface area contributed by atoms with Gasteiger partial charge in [0.15, 0.2) is 23.0 Å². The Morgan fingerprint density at radius 1 is 0.692 bits per heavy atom. The minimum atomic E-state index is -0.269. The molecular weight excluding hydrogens is 334 g/mol. The first kappa shape index (κ1) is 17.0. The number of rotatable bonds is 4. The molecule has 0 radical (unpaired) electrons. The monoisotopic (exact) mass is 349 g/mol. The first-order valence-corrected chi connectivity index (χ1v) is 7.60. The van der Waals surface area contributed by atoms with Gasteiger partial charge in [-0.1, -0.05) is 12.1 Å². The number of hydrogen-bond acceptors (Lipinski definition) is 7. The highest BCUT2D eigenvalue weighted by atomic mass is 16.3. The molecule has 0 amide bonds. The highest BCUT2D eigenvalue weighted by Gasteiger charge is 2.05. The second-order valence-corrected chi connectivity index (χ2v) is 5.31.